The predicted octanol–water partition coefficient (Wildman–Crippen LogP) is 3.99. The Labute approximate surface area is 211 Å². The number of anilines is 2. The number of nitrogens with zero attached hydrogens (tertiary/aromatic N) is 10. The molecule has 0 amide bonds. The van der Waals surface area contributed by atoms with E-state index in [1.54, 1.807) is 4.90 Å². The lowest BCUT2D eigenvalue weighted by Gasteiger charge is -2.35. The Morgan fingerprint density at radius 2 is 0.861 bits per heavy atom. The predicted molar refractivity (Wildman–Crippen MR) is 147 cm³/mol. The van der Waals surface area contributed by atoms with Crippen LogP contribution in [0.15, 0.2) is 90.6 Å². The topological polar surface area (TPSA) is 87.1 Å². The van der Waals surface area contributed by atoms with Gasteiger partial charge in [0.15, 0.2) is 0 Å². The molecule has 0 aromatic heterocycles. The largest absolute Gasteiger partial charge is 0.341 e. The lowest BCUT2D eigenvalue weighted by atomic mass is 10.2. The van der Waals surface area contributed by atoms with E-state index >= 15 is 0 Å². The highest BCUT2D eigenvalue weighted by Crippen LogP contribution is 2.28. The molecule has 36 heavy (non-hydrogen) atoms. The van der Waals surface area contributed by atoms with Gasteiger partial charge in [-0.2, -0.15) is 30.0 Å². The summed E-state index contributed by atoms with van der Waals surface area (Å²) in [6.45, 7) is 11.4. The van der Waals surface area contributed by atoms with Gasteiger partial charge in [0.25, 0.3) is 0 Å². The van der Waals surface area contributed by atoms with Crippen LogP contribution in [0, 0.1) is 0 Å². The summed E-state index contributed by atoms with van der Waals surface area (Å²) in [4.78, 5) is 36.9. The van der Waals surface area contributed by atoms with Crippen LogP contribution in [0.4, 0.5) is 11.4 Å². The van der Waals surface area contributed by atoms with Gasteiger partial charge in [-0.1, -0.05) is 36.4 Å². The second-order valence-electron chi connectivity index (χ2n) is 8.16. The van der Waals surface area contributed by atoms with Gasteiger partial charge >= 0.3 is 0 Å². The molecule has 10 heteroatoms. The Hall–Kier alpha value is -4.34. The molecule has 0 aliphatic carbocycles. The van der Waals surface area contributed by atoms with E-state index in [1.807, 2.05) is 65.6 Å². The highest BCUT2D eigenvalue weighted by molar-refractivity contribution is 6.31. The summed E-state index contributed by atoms with van der Waals surface area (Å²) in [5, 5.41) is 0. The van der Waals surface area contributed by atoms with Gasteiger partial charge in [-0.3, -0.25) is 4.90 Å². The van der Waals surface area contributed by atoms with Gasteiger partial charge in [0.2, 0.25) is 35.8 Å². The maximum absolute atomic E-state index is 4.91. The molecule has 0 spiro atoms. The van der Waals surface area contributed by atoms with Gasteiger partial charge < -0.3 is 9.80 Å². The zero-order valence-corrected chi connectivity index (χ0v) is 21.1. The molecular formula is C26H30N10. The third-order valence-corrected chi connectivity index (χ3v) is 6.12. The third-order valence-electron chi connectivity index (χ3n) is 6.12. The molecule has 0 atom stereocenters. The van der Waals surface area contributed by atoms with E-state index in [0.717, 1.165) is 37.6 Å². The molecular weight excluding hydrogens is 452 g/mol. The van der Waals surface area contributed by atoms with Crippen molar-refractivity contribution < 1.29 is 0 Å². The molecule has 10 nitrogen and oxygen atoms in total. The lowest BCUT2D eigenvalue weighted by molar-refractivity contribution is 0.455. The Morgan fingerprint density at radius 1 is 0.500 bits per heavy atom. The SMILES string of the molecule is CCN(CC)C1=NC2=NC(N(CC)CC)=NC3=NC(N(c4ccccc4)c4ccccc4)=NC(=N1)N23. The first-order chi connectivity index (χ1) is 17.7. The minimum Gasteiger partial charge on any atom is -0.341 e. The van der Waals surface area contributed by atoms with E-state index < -0.39 is 0 Å². The molecule has 184 valence electrons. The van der Waals surface area contributed by atoms with Crippen molar-refractivity contribution in [3.05, 3.63) is 60.7 Å². The van der Waals surface area contributed by atoms with Crippen molar-refractivity contribution in [2.75, 3.05) is 31.1 Å². The average Bonchev–Trinajstić information content (AvgIpc) is 2.91. The molecule has 2 aromatic carbocycles. The summed E-state index contributed by atoms with van der Waals surface area (Å²) in [6.07, 6.45) is 0. The Balaban J connectivity index is 1.70. The monoisotopic (exact) mass is 482 g/mol. The lowest BCUT2D eigenvalue weighted by Crippen LogP contribution is -2.52. The molecule has 3 heterocycles. The van der Waals surface area contributed by atoms with Crippen LogP contribution in [0.3, 0.4) is 0 Å². The quantitative estimate of drug-likeness (QED) is 0.623. The molecule has 0 unspecified atom stereocenters. The molecule has 5 rings (SSSR count). The van der Waals surface area contributed by atoms with Crippen LogP contribution in [0.25, 0.3) is 0 Å². The number of hydrogen-bond acceptors (Lipinski definition) is 10. The van der Waals surface area contributed by atoms with Crippen LogP contribution < -0.4 is 4.90 Å². The summed E-state index contributed by atoms with van der Waals surface area (Å²) in [6, 6.07) is 20.1. The molecule has 3 aliphatic rings. The number of benzene rings is 2. The summed E-state index contributed by atoms with van der Waals surface area (Å²) < 4.78 is 0. The Bertz CT molecular complexity index is 1230. The van der Waals surface area contributed by atoms with Crippen molar-refractivity contribution in [1.29, 1.82) is 0 Å². The Kier molecular flexibility index (Phi) is 6.57. The van der Waals surface area contributed by atoms with Crippen molar-refractivity contribution in [2.45, 2.75) is 27.7 Å². The van der Waals surface area contributed by atoms with E-state index in [-0.39, 0.29) is 0 Å². The molecule has 0 radical (unpaired) electrons. The molecule has 3 aliphatic heterocycles. The van der Waals surface area contributed by atoms with Crippen LogP contribution in [0.1, 0.15) is 27.7 Å². The van der Waals surface area contributed by atoms with Gasteiger partial charge in [0.1, 0.15) is 0 Å². The molecule has 0 bridgehead atoms. The first-order valence-electron chi connectivity index (χ1n) is 12.4. The minimum atomic E-state index is 0.449. The summed E-state index contributed by atoms with van der Waals surface area (Å²) in [5.74, 6) is 3.02. The normalized spacial score (nSPS) is 16.1. The highest BCUT2D eigenvalue weighted by atomic mass is 15.6. The van der Waals surface area contributed by atoms with Crippen molar-refractivity contribution in [3.63, 3.8) is 0 Å². The second kappa shape index (κ2) is 10.1. The van der Waals surface area contributed by atoms with Crippen LogP contribution >= 0.6 is 0 Å². The van der Waals surface area contributed by atoms with Crippen LogP contribution in [0.5, 0.6) is 0 Å². The number of hydrogen-bond donors (Lipinski definition) is 0. The van der Waals surface area contributed by atoms with Crippen molar-refractivity contribution in [1.82, 2.24) is 14.7 Å². The fourth-order valence-electron chi connectivity index (χ4n) is 4.18. The summed E-state index contributed by atoms with van der Waals surface area (Å²) in [7, 11) is 0. The van der Waals surface area contributed by atoms with Gasteiger partial charge in [0, 0.05) is 37.6 Å². The molecule has 0 N–H and O–H groups in total. The van der Waals surface area contributed by atoms with Gasteiger partial charge in [-0.15, -0.1) is 0 Å². The molecule has 0 fully saturated rings. The van der Waals surface area contributed by atoms with E-state index in [9.17, 15) is 0 Å². The highest BCUT2D eigenvalue weighted by Gasteiger charge is 2.37. The number of aliphatic imine (C=N–C) groups is 6. The second-order valence-corrected chi connectivity index (χ2v) is 8.16. The molecule has 0 saturated carbocycles. The first-order valence-corrected chi connectivity index (χ1v) is 12.4. The van der Waals surface area contributed by atoms with Gasteiger partial charge in [0.05, 0.1) is 0 Å². The molecule has 2 aromatic rings. The van der Waals surface area contributed by atoms with Crippen LogP contribution in [-0.2, 0) is 0 Å². The van der Waals surface area contributed by atoms with Gasteiger partial charge in [-0.25, -0.2) is 4.90 Å². The maximum atomic E-state index is 4.91. The standard InChI is InChI=1S/C26H30N10/c1-5-33(6-2)21-27-24-28-22(34(7-3)8-4)30-26-32-23(31-25(29-21)36(24)26)35(19-15-11-9-12-16-19)20-17-13-10-14-18-20/h9-18H,5-8H2,1-4H3. The summed E-state index contributed by atoms with van der Waals surface area (Å²) in [5.41, 5.74) is 1.87. The van der Waals surface area contributed by atoms with Crippen LogP contribution in [0.2, 0.25) is 0 Å². The zero-order chi connectivity index (χ0) is 25.1. The van der Waals surface area contributed by atoms with E-state index in [0.29, 0.717) is 35.8 Å². The van der Waals surface area contributed by atoms with E-state index in [2.05, 4.69) is 37.5 Å². The minimum absolute atomic E-state index is 0.449. The first kappa shape index (κ1) is 23.4. The summed E-state index contributed by atoms with van der Waals surface area (Å²) >= 11 is 0. The third kappa shape index (κ3) is 4.26. The van der Waals surface area contributed by atoms with Crippen molar-refractivity contribution in [3.8, 4) is 0 Å². The Morgan fingerprint density at radius 3 is 1.25 bits per heavy atom. The fraction of sp³-hybridized carbons (Fsp3) is 0.308. The van der Waals surface area contributed by atoms with Crippen LogP contribution in [-0.4, -0.2) is 76.6 Å². The van der Waals surface area contributed by atoms with E-state index in [1.165, 1.54) is 0 Å². The number of rotatable bonds is 6. The zero-order valence-electron chi connectivity index (χ0n) is 21.1. The maximum Gasteiger partial charge on any atom is 0.246 e. The van der Waals surface area contributed by atoms with E-state index in [4.69, 9.17) is 30.0 Å². The fourth-order valence-corrected chi connectivity index (χ4v) is 4.18. The smallest absolute Gasteiger partial charge is 0.246 e. The van der Waals surface area contributed by atoms with Gasteiger partial charge in [-0.05, 0) is 52.0 Å². The molecule has 0 saturated heterocycles. The number of para-hydroxylation sites is 2. The van der Waals surface area contributed by atoms with Crippen molar-refractivity contribution in [2.24, 2.45) is 30.0 Å². The number of guanidine groups is 6. The average molecular weight is 483 g/mol. The van der Waals surface area contributed by atoms with Crippen molar-refractivity contribution >= 4 is 47.1 Å².